The number of fused-ring (bicyclic) bond motifs is 1. The first kappa shape index (κ1) is 18.1. The van der Waals surface area contributed by atoms with E-state index in [1.165, 1.54) is 0 Å². The number of morpholine rings is 1. The zero-order valence-electron chi connectivity index (χ0n) is 16.3. The van der Waals surface area contributed by atoms with Crippen LogP contribution in [-0.4, -0.2) is 69.8 Å². The summed E-state index contributed by atoms with van der Waals surface area (Å²) in [5, 5.41) is 4.75. The van der Waals surface area contributed by atoms with E-state index in [1.807, 2.05) is 27.6 Å². The molecular weight excluding hydrogens is 368 g/mol. The van der Waals surface area contributed by atoms with E-state index in [1.54, 1.807) is 12.3 Å². The van der Waals surface area contributed by atoms with Gasteiger partial charge in [-0.25, -0.2) is 9.50 Å². The Labute approximate surface area is 169 Å². The molecule has 5 rings (SSSR count). The first-order valence-corrected chi connectivity index (χ1v) is 10.2. The number of piperidine rings is 1. The molecule has 1 amide bonds. The van der Waals surface area contributed by atoms with Crippen LogP contribution in [0.2, 0.25) is 0 Å². The van der Waals surface area contributed by atoms with Gasteiger partial charge in [-0.1, -0.05) is 6.07 Å². The quantitative estimate of drug-likeness (QED) is 0.679. The van der Waals surface area contributed by atoms with Gasteiger partial charge >= 0.3 is 0 Å². The smallest absolute Gasteiger partial charge is 0.272 e. The highest BCUT2D eigenvalue weighted by molar-refractivity contribution is 5.92. The van der Waals surface area contributed by atoms with Crippen LogP contribution < -0.4 is 4.90 Å². The average Bonchev–Trinajstić information content (AvgIpc) is 3.23. The predicted octanol–water partition coefficient (Wildman–Crippen LogP) is 1.98. The Morgan fingerprint density at radius 3 is 2.62 bits per heavy atom. The second-order valence-corrected chi connectivity index (χ2v) is 7.54. The summed E-state index contributed by atoms with van der Waals surface area (Å²) in [6.07, 6.45) is 5.44. The summed E-state index contributed by atoms with van der Waals surface area (Å²) in [4.78, 5) is 25.7. The molecule has 0 aromatic carbocycles. The molecule has 0 radical (unpaired) electrons. The van der Waals surface area contributed by atoms with Crippen LogP contribution in [0.1, 0.15) is 35.1 Å². The summed E-state index contributed by atoms with van der Waals surface area (Å²) in [5.41, 5.74) is 2.52. The maximum Gasteiger partial charge on any atom is 0.272 e. The van der Waals surface area contributed by atoms with Crippen molar-refractivity contribution in [2.24, 2.45) is 0 Å². The van der Waals surface area contributed by atoms with Crippen molar-refractivity contribution >= 4 is 17.2 Å². The Kier molecular flexibility index (Phi) is 4.85. The molecule has 2 fully saturated rings. The van der Waals surface area contributed by atoms with Crippen molar-refractivity contribution in [3.63, 3.8) is 0 Å². The van der Waals surface area contributed by atoms with E-state index in [0.29, 0.717) is 18.8 Å². The lowest BCUT2D eigenvalue weighted by Crippen LogP contribution is -2.38. The van der Waals surface area contributed by atoms with Gasteiger partial charge in [0, 0.05) is 38.3 Å². The lowest BCUT2D eigenvalue weighted by Gasteiger charge is -2.30. The maximum atomic E-state index is 12.6. The van der Waals surface area contributed by atoms with Gasteiger partial charge in [0.15, 0.2) is 11.5 Å². The molecule has 3 aromatic rings. The van der Waals surface area contributed by atoms with Gasteiger partial charge in [-0.05, 0) is 37.1 Å². The molecule has 0 saturated carbocycles. The van der Waals surface area contributed by atoms with E-state index in [-0.39, 0.29) is 11.8 Å². The highest BCUT2D eigenvalue weighted by Gasteiger charge is 2.27. The van der Waals surface area contributed by atoms with Crippen LogP contribution >= 0.6 is 0 Å². The number of aromatic nitrogens is 4. The highest BCUT2D eigenvalue weighted by atomic mass is 16.5. The number of amides is 1. The molecule has 0 unspecified atom stereocenters. The van der Waals surface area contributed by atoms with Crippen molar-refractivity contribution in [3.05, 3.63) is 54.2 Å². The lowest BCUT2D eigenvalue weighted by atomic mass is 9.96. The van der Waals surface area contributed by atoms with Gasteiger partial charge in [-0.2, -0.15) is 5.10 Å². The number of hydrogen-bond donors (Lipinski definition) is 0. The van der Waals surface area contributed by atoms with E-state index in [9.17, 15) is 4.79 Å². The molecule has 3 aromatic heterocycles. The van der Waals surface area contributed by atoms with E-state index in [4.69, 9.17) is 14.8 Å². The van der Waals surface area contributed by atoms with Crippen molar-refractivity contribution in [1.29, 1.82) is 0 Å². The molecule has 0 bridgehead atoms. The van der Waals surface area contributed by atoms with Gasteiger partial charge in [-0.15, -0.1) is 0 Å². The Morgan fingerprint density at radius 2 is 1.86 bits per heavy atom. The van der Waals surface area contributed by atoms with E-state index < -0.39 is 0 Å². The largest absolute Gasteiger partial charge is 0.378 e. The minimum absolute atomic E-state index is 0.00200. The number of anilines is 1. The SMILES string of the molecule is O=C(c1ccccn1)N1CCC(c2nc3ccc(N4CCOCC4)cn3n2)CC1. The number of carbonyl (C=O) groups excluding carboxylic acids is 1. The molecule has 2 aliphatic heterocycles. The normalized spacial score (nSPS) is 18.3. The fraction of sp³-hybridized carbons (Fsp3) is 0.429. The number of nitrogens with zero attached hydrogens (tertiary/aromatic N) is 6. The Bertz CT molecular complexity index is 991. The molecule has 150 valence electrons. The van der Waals surface area contributed by atoms with Gasteiger partial charge in [0.05, 0.1) is 25.1 Å². The summed E-state index contributed by atoms with van der Waals surface area (Å²) in [7, 11) is 0. The van der Waals surface area contributed by atoms with Crippen LogP contribution in [0.5, 0.6) is 0 Å². The molecule has 8 heteroatoms. The van der Waals surface area contributed by atoms with Crippen LogP contribution in [0.25, 0.3) is 5.65 Å². The van der Waals surface area contributed by atoms with E-state index in [2.05, 4.69) is 22.1 Å². The monoisotopic (exact) mass is 392 g/mol. The summed E-state index contributed by atoms with van der Waals surface area (Å²) >= 11 is 0. The molecule has 2 aliphatic rings. The van der Waals surface area contributed by atoms with Gasteiger partial charge in [0.25, 0.3) is 5.91 Å². The number of rotatable bonds is 3. The average molecular weight is 392 g/mol. The summed E-state index contributed by atoms with van der Waals surface area (Å²) < 4.78 is 7.32. The standard InChI is InChI=1S/C21H24N6O2/c28-21(18-3-1-2-8-22-18)26-9-6-16(7-10-26)20-23-19-5-4-17(15-27(19)24-20)25-11-13-29-14-12-25/h1-5,8,15-16H,6-7,9-14H2. The van der Waals surface area contributed by atoms with Crippen LogP contribution in [-0.2, 0) is 4.74 Å². The van der Waals surface area contributed by atoms with Crippen molar-refractivity contribution < 1.29 is 9.53 Å². The van der Waals surface area contributed by atoms with Crippen molar-refractivity contribution in [2.75, 3.05) is 44.3 Å². The second-order valence-electron chi connectivity index (χ2n) is 7.54. The molecule has 0 aliphatic carbocycles. The summed E-state index contributed by atoms with van der Waals surface area (Å²) in [6.45, 7) is 4.72. The lowest BCUT2D eigenvalue weighted by molar-refractivity contribution is 0.0705. The minimum Gasteiger partial charge on any atom is -0.378 e. The third-order valence-electron chi connectivity index (χ3n) is 5.74. The molecule has 5 heterocycles. The van der Waals surface area contributed by atoms with Crippen molar-refractivity contribution in [3.8, 4) is 0 Å². The number of likely N-dealkylation sites (tertiary alicyclic amines) is 1. The van der Waals surface area contributed by atoms with Gasteiger partial charge in [0.1, 0.15) is 5.69 Å². The first-order valence-electron chi connectivity index (χ1n) is 10.2. The number of carbonyl (C=O) groups is 1. The maximum absolute atomic E-state index is 12.6. The van der Waals surface area contributed by atoms with Crippen LogP contribution in [0.3, 0.4) is 0 Å². The summed E-state index contributed by atoms with van der Waals surface area (Å²) in [5.74, 6) is 1.14. The third-order valence-corrected chi connectivity index (χ3v) is 5.74. The highest BCUT2D eigenvalue weighted by Crippen LogP contribution is 2.27. The van der Waals surface area contributed by atoms with Gasteiger partial charge in [0.2, 0.25) is 0 Å². The van der Waals surface area contributed by atoms with Crippen LogP contribution in [0, 0.1) is 0 Å². The molecule has 29 heavy (non-hydrogen) atoms. The minimum atomic E-state index is 0.00200. The molecule has 8 nitrogen and oxygen atoms in total. The van der Waals surface area contributed by atoms with Crippen molar-refractivity contribution in [2.45, 2.75) is 18.8 Å². The van der Waals surface area contributed by atoms with E-state index >= 15 is 0 Å². The first-order chi connectivity index (χ1) is 14.3. The zero-order chi connectivity index (χ0) is 19.6. The summed E-state index contributed by atoms with van der Waals surface area (Å²) in [6, 6.07) is 9.57. The number of pyridine rings is 2. The van der Waals surface area contributed by atoms with Gasteiger partial charge in [-0.3, -0.25) is 9.78 Å². The molecule has 0 atom stereocenters. The fourth-order valence-electron chi connectivity index (χ4n) is 4.06. The molecule has 2 saturated heterocycles. The number of ether oxygens (including phenoxy) is 1. The number of hydrogen-bond acceptors (Lipinski definition) is 6. The molecule has 0 N–H and O–H groups in total. The topological polar surface area (TPSA) is 75.9 Å². The van der Waals surface area contributed by atoms with Crippen molar-refractivity contribution in [1.82, 2.24) is 24.5 Å². The fourth-order valence-corrected chi connectivity index (χ4v) is 4.06. The Hall–Kier alpha value is -3.00. The Morgan fingerprint density at radius 1 is 1.03 bits per heavy atom. The third kappa shape index (κ3) is 3.67. The van der Waals surface area contributed by atoms with Crippen LogP contribution in [0.15, 0.2) is 42.7 Å². The van der Waals surface area contributed by atoms with Gasteiger partial charge < -0.3 is 14.5 Å². The van der Waals surface area contributed by atoms with E-state index in [0.717, 1.165) is 56.3 Å². The van der Waals surface area contributed by atoms with Crippen LogP contribution in [0.4, 0.5) is 5.69 Å². The predicted molar refractivity (Wildman–Crippen MR) is 108 cm³/mol. The molecular formula is C21H24N6O2. The molecule has 0 spiro atoms. The zero-order valence-corrected chi connectivity index (χ0v) is 16.3. The Balaban J connectivity index is 1.27. The second kappa shape index (κ2) is 7.79.